The van der Waals surface area contributed by atoms with Crippen molar-refractivity contribution >= 4 is 48.6 Å². The smallest absolute Gasteiger partial charge is 0 e. The molecule has 0 atom stereocenters. The first-order valence-corrected chi connectivity index (χ1v) is 12.1. The van der Waals surface area contributed by atoms with Gasteiger partial charge in [-0.25, -0.2) is 0 Å². The van der Waals surface area contributed by atoms with E-state index in [0.29, 0.717) is 0 Å². The van der Waals surface area contributed by atoms with Crippen LogP contribution in [0.15, 0.2) is 121 Å². The van der Waals surface area contributed by atoms with Gasteiger partial charge in [-0.3, -0.25) is 0 Å². The Morgan fingerprint density at radius 2 is 0.500 bits per heavy atom. The maximum Gasteiger partial charge on any atom is 0 e. The topological polar surface area (TPSA) is 0 Å². The second-order valence-corrected chi connectivity index (χ2v) is 8.52. The van der Waals surface area contributed by atoms with Crippen molar-refractivity contribution in [2.45, 2.75) is 0 Å². The third-order valence-corrected chi connectivity index (χ3v) is 6.16. The summed E-state index contributed by atoms with van der Waals surface area (Å²) in [6, 6.07) is 42.3. The first kappa shape index (κ1) is 37.1. The predicted molar refractivity (Wildman–Crippen MR) is 127 cm³/mol. The number of hydrogen-bond donors (Lipinski definition) is 0. The Bertz CT molecular complexity index is 735. The fourth-order valence-electron chi connectivity index (χ4n) is 2.42. The van der Waals surface area contributed by atoms with Crippen LogP contribution < -0.4 is 21.2 Å². The molecule has 0 nitrogen and oxygen atoms in total. The molecule has 0 amide bonds. The van der Waals surface area contributed by atoms with E-state index >= 15 is 0 Å². The zero-order valence-corrected chi connectivity index (χ0v) is 24.2. The minimum atomic E-state index is 0. The number of rotatable bonds is 4. The zero-order chi connectivity index (χ0) is 19.9. The Morgan fingerprint density at radius 3 is 0.656 bits per heavy atom. The Kier molecular flexibility index (Phi) is 28.5. The SMILES string of the molecule is [Cl][Ni].[Ni].[Ni].[Ni].[Ni].c1ccc(Pc2ccccc2)cc1.c1ccc(Pc2ccccc2)cc1. The molecule has 0 N–H and O–H groups in total. The molecule has 0 bridgehead atoms. The maximum atomic E-state index is 4.26. The summed E-state index contributed by atoms with van der Waals surface area (Å²) in [5.74, 6) is 0. The van der Waals surface area contributed by atoms with E-state index < -0.39 is 0 Å². The molecule has 0 fully saturated rings. The van der Waals surface area contributed by atoms with Crippen LogP contribution in [0.2, 0.25) is 0 Å². The van der Waals surface area contributed by atoms with Gasteiger partial charge in [-0.1, -0.05) is 138 Å². The van der Waals surface area contributed by atoms with E-state index in [1.807, 2.05) is 0 Å². The van der Waals surface area contributed by atoms with E-state index in [1.54, 1.807) is 0 Å². The van der Waals surface area contributed by atoms with Gasteiger partial charge in [0.15, 0.2) is 0 Å². The maximum absolute atomic E-state index is 4.26. The summed E-state index contributed by atoms with van der Waals surface area (Å²) in [6.45, 7) is 0. The molecule has 0 aliphatic rings. The second kappa shape index (κ2) is 24.6. The van der Waals surface area contributed by atoms with E-state index in [-0.39, 0.29) is 66.0 Å². The van der Waals surface area contributed by atoms with Gasteiger partial charge in [0, 0.05) is 66.0 Å². The molecular weight excluding hydrogens is 679 g/mol. The van der Waals surface area contributed by atoms with Gasteiger partial charge in [-0.2, -0.15) is 0 Å². The van der Waals surface area contributed by atoms with Crippen molar-refractivity contribution in [3.05, 3.63) is 121 Å². The van der Waals surface area contributed by atoms with Crippen LogP contribution in [0.1, 0.15) is 0 Å². The van der Waals surface area contributed by atoms with E-state index in [2.05, 4.69) is 146 Å². The average molecular weight is 701 g/mol. The predicted octanol–water partition coefficient (Wildman–Crippen LogP) is 5.31. The van der Waals surface area contributed by atoms with Crippen molar-refractivity contribution in [3.8, 4) is 0 Å². The number of halogens is 1. The molecule has 0 unspecified atom stereocenters. The largest absolute Gasteiger partial charge is 0.0622 e. The van der Waals surface area contributed by atoms with Gasteiger partial charge in [0.25, 0.3) is 0 Å². The van der Waals surface area contributed by atoms with Crippen LogP contribution in [0, 0.1) is 0 Å². The first-order chi connectivity index (χ1) is 13.9. The first-order valence-electron chi connectivity index (χ1n) is 8.76. The third-order valence-electron chi connectivity index (χ3n) is 3.67. The number of benzene rings is 4. The number of hydrogen-bond acceptors (Lipinski definition) is 0. The van der Waals surface area contributed by atoms with Crippen molar-refractivity contribution in [2.24, 2.45) is 0 Å². The minimum Gasteiger partial charge on any atom is -0.0622 e. The quantitative estimate of drug-likeness (QED) is 0.200. The standard InChI is InChI=1S/2C12H11P.ClH.5Ni/c2*1-3-7-11(8-4-1)13-12-9-5-2-6-10-12;;;;;;/h2*1-10,13H;1H;;;;;/q;;;;;;;+1/p-1. The summed E-state index contributed by atoms with van der Waals surface area (Å²) in [6.07, 6.45) is 0. The van der Waals surface area contributed by atoms with E-state index in [0.717, 1.165) is 17.2 Å². The van der Waals surface area contributed by atoms with Crippen LogP contribution in [0.3, 0.4) is 0 Å². The van der Waals surface area contributed by atoms with Gasteiger partial charge < -0.3 is 0 Å². The summed E-state index contributed by atoms with van der Waals surface area (Å²) in [4.78, 5) is 0. The fraction of sp³-hybridized carbons (Fsp3) is 0. The summed E-state index contributed by atoms with van der Waals surface area (Å²) in [5.41, 5.74) is 0. The second-order valence-electron chi connectivity index (χ2n) is 5.71. The molecule has 4 aromatic rings. The third kappa shape index (κ3) is 16.2. The molecule has 32 heavy (non-hydrogen) atoms. The van der Waals surface area contributed by atoms with Gasteiger partial charge in [-0.15, -0.1) is 0 Å². The summed E-state index contributed by atoms with van der Waals surface area (Å²) < 4.78 is 0. The molecule has 4 aromatic carbocycles. The van der Waals surface area contributed by atoms with Crippen molar-refractivity contribution in [2.75, 3.05) is 0 Å². The van der Waals surface area contributed by atoms with Gasteiger partial charge in [0.05, 0.1) is 0 Å². The molecule has 4 rings (SSSR count). The molecule has 0 saturated carbocycles. The fourth-order valence-corrected chi connectivity index (χ4v) is 4.52. The van der Waals surface area contributed by atoms with Crippen molar-refractivity contribution < 1.29 is 80.5 Å². The van der Waals surface area contributed by atoms with Crippen molar-refractivity contribution in [1.82, 2.24) is 0 Å². The molecule has 0 radical (unpaired) electrons. The molecule has 0 heterocycles. The minimum absolute atomic E-state index is 0. The molecular formula is C24H22ClNi5P2. The van der Waals surface area contributed by atoms with Gasteiger partial charge >= 0.3 is 24.8 Å². The summed E-state index contributed by atoms with van der Waals surface area (Å²) in [5, 5.41) is 5.59. The molecule has 0 aliphatic carbocycles. The Morgan fingerprint density at radius 1 is 0.344 bits per heavy atom. The normalized spacial score (nSPS) is 8.22. The van der Waals surface area contributed by atoms with Gasteiger partial charge in [0.2, 0.25) is 0 Å². The van der Waals surface area contributed by atoms with Crippen LogP contribution >= 0.6 is 27.4 Å². The Hall–Kier alpha value is 0.498. The van der Waals surface area contributed by atoms with Crippen LogP contribution in [0.5, 0.6) is 0 Å². The van der Waals surface area contributed by atoms with E-state index in [4.69, 9.17) is 0 Å². The molecule has 8 heteroatoms. The monoisotopic (exact) mass is 697 g/mol. The van der Waals surface area contributed by atoms with E-state index in [1.165, 1.54) is 21.2 Å². The van der Waals surface area contributed by atoms with E-state index in [9.17, 15) is 0 Å². The molecule has 0 aromatic heterocycles. The van der Waals surface area contributed by atoms with Crippen LogP contribution in [0.25, 0.3) is 0 Å². The van der Waals surface area contributed by atoms with Gasteiger partial charge in [-0.05, 0) is 21.2 Å². The van der Waals surface area contributed by atoms with Crippen molar-refractivity contribution in [1.29, 1.82) is 0 Å². The van der Waals surface area contributed by atoms with Crippen LogP contribution in [-0.4, -0.2) is 0 Å². The summed E-state index contributed by atoms with van der Waals surface area (Å²) in [7, 11) is 5.82. The Labute approximate surface area is 248 Å². The molecule has 0 saturated heterocycles. The molecule has 185 valence electrons. The molecule has 0 spiro atoms. The zero-order valence-electron chi connectivity index (χ0n) is 16.5. The summed E-state index contributed by atoms with van der Waals surface area (Å²) >= 11 is 3.35. The average Bonchev–Trinajstić information content (AvgIpc) is 2.79. The van der Waals surface area contributed by atoms with Crippen LogP contribution in [-0.2, 0) is 80.5 Å². The van der Waals surface area contributed by atoms with Crippen LogP contribution in [0.4, 0.5) is 0 Å². The Balaban J connectivity index is -0.000000437. The van der Waals surface area contributed by atoms with Gasteiger partial charge in [0.1, 0.15) is 0 Å². The van der Waals surface area contributed by atoms with Crippen molar-refractivity contribution in [3.63, 3.8) is 0 Å². The molecule has 0 aliphatic heterocycles.